The average Bonchev–Trinajstić information content (AvgIpc) is 3.34. The minimum absolute atomic E-state index is 0.0853. The number of nitrogens with zero attached hydrogens (tertiary/aromatic N) is 3. The number of alkyl halides is 3. The second-order valence-electron chi connectivity index (χ2n) is 7.71. The highest BCUT2D eigenvalue weighted by atomic mass is 19.4. The molecule has 5 nitrogen and oxygen atoms in total. The van der Waals surface area contributed by atoms with E-state index in [-0.39, 0.29) is 5.69 Å². The Morgan fingerprint density at radius 1 is 0.867 bits per heavy atom. The van der Waals surface area contributed by atoms with Crippen LogP contribution in [0.2, 0.25) is 0 Å². The lowest BCUT2D eigenvalue weighted by atomic mass is 9.90. The van der Waals surface area contributed by atoms with Crippen LogP contribution < -0.4 is 4.90 Å². The highest BCUT2D eigenvalue weighted by Crippen LogP contribution is 2.49. The first-order valence-electron chi connectivity index (χ1n) is 9.61. The van der Waals surface area contributed by atoms with Crippen LogP contribution in [0.1, 0.15) is 23.6 Å². The fraction of sp³-hybridized carbons (Fsp3) is 0.333. The minimum Gasteiger partial charge on any atom is -0.274 e. The number of carbonyl (C=O) groups excluding carboxylic acids is 2. The molecular weight excluding hydrogens is 402 g/mol. The normalized spacial score (nSPS) is 27.1. The van der Waals surface area contributed by atoms with Gasteiger partial charge in [-0.25, -0.2) is 19.3 Å². The van der Waals surface area contributed by atoms with E-state index in [1.165, 1.54) is 24.3 Å². The summed E-state index contributed by atoms with van der Waals surface area (Å²) in [6.45, 7) is 1.23. The number of hydrogen-bond acceptors (Lipinski definition) is 4. The van der Waals surface area contributed by atoms with E-state index in [1.807, 2.05) is 10.0 Å². The summed E-state index contributed by atoms with van der Waals surface area (Å²) in [7, 11) is 0. The Morgan fingerprint density at radius 3 is 2.20 bits per heavy atom. The molecule has 0 aromatic heterocycles. The molecule has 3 aliphatic heterocycles. The summed E-state index contributed by atoms with van der Waals surface area (Å²) < 4.78 is 52.8. The summed E-state index contributed by atoms with van der Waals surface area (Å²) in [5, 5.41) is 3.80. The summed E-state index contributed by atoms with van der Waals surface area (Å²) in [6.07, 6.45) is -3.79. The molecule has 2 amide bonds. The van der Waals surface area contributed by atoms with Gasteiger partial charge in [-0.15, -0.1) is 0 Å². The monoisotopic (exact) mass is 419 g/mol. The van der Waals surface area contributed by atoms with Crippen molar-refractivity contribution in [3.63, 3.8) is 0 Å². The molecule has 3 fully saturated rings. The van der Waals surface area contributed by atoms with Gasteiger partial charge in [0.25, 0.3) is 5.91 Å². The number of carbonyl (C=O) groups is 2. The summed E-state index contributed by atoms with van der Waals surface area (Å²) in [5.74, 6) is -2.24. The van der Waals surface area contributed by atoms with Crippen molar-refractivity contribution < 1.29 is 27.2 Å². The van der Waals surface area contributed by atoms with E-state index in [9.17, 15) is 27.2 Å². The smallest absolute Gasteiger partial charge is 0.274 e. The Kier molecular flexibility index (Phi) is 4.23. The molecule has 3 aliphatic rings. The van der Waals surface area contributed by atoms with Crippen molar-refractivity contribution in [1.82, 2.24) is 10.0 Å². The molecule has 0 unspecified atom stereocenters. The predicted octanol–water partition coefficient (Wildman–Crippen LogP) is 3.38. The Hall–Kier alpha value is -2.78. The second kappa shape index (κ2) is 6.61. The first-order valence-corrected chi connectivity index (χ1v) is 9.61. The lowest BCUT2D eigenvalue weighted by Gasteiger charge is -2.29. The van der Waals surface area contributed by atoms with Crippen molar-refractivity contribution in [1.29, 1.82) is 0 Å². The first-order chi connectivity index (χ1) is 14.3. The van der Waals surface area contributed by atoms with E-state index in [0.29, 0.717) is 18.7 Å². The number of benzene rings is 2. The van der Waals surface area contributed by atoms with E-state index < -0.39 is 47.4 Å². The van der Waals surface area contributed by atoms with E-state index in [2.05, 4.69) is 0 Å². The number of hydrazine groups is 1. The molecule has 0 aliphatic carbocycles. The van der Waals surface area contributed by atoms with Crippen LogP contribution in [0.25, 0.3) is 0 Å². The van der Waals surface area contributed by atoms with Gasteiger partial charge in [0.05, 0.1) is 23.2 Å². The van der Waals surface area contributed by atoms with Crippen LogP contribution in [0.5, 0.6) is 0 Å². The third-order valence-electron chi connectivity index (χ3n) is 6.05. The molecule has 3 saturated heterocycles. The lowest BCUT2D eigenvalue weighted by molar-refractivity contribution is -0.137. The van der Waals surface area contributed by atoms with Crippen molar-refractivity contribution in [2.45, 2.75) is 24.7 Å². The second-order valence-corrected chi connectivity index (χ2v) is 7.71. The van der Waals surface area contributed by atoms with Crippen LogP contribution in [0.15, 0.2) is 48.5 Å². The maximum absolute atomic E-state index is 13.4. The first kappa shape index (κ1) is 19.2. The van der Waals surface area contributed by atoms with Gasteiger partial charge >= 0.3 is 6.18 Å². The van der Waals surface area contributed by atoms with Gasteiger partial charge in [0.15, 0.2) is 0 Å². The number of rotatable bonds is 2. The third kappa shape index (κ3) is 2.76. The van der Waals surface area contributed by atoms with Crippen LogP contribution in [-0.2, 0) is 15.8 Å². The highest BCUT2D eigenvalue weighted by Gasteiger charge is 2.62. The highest BCUT2D eigenvalue weighted by molar-refractivity contribution is 6.24. The molecule has 3 atom stereocenters. The molecule has 2 aromatic rings. The molecule has 0 spiro atoms. The predicted molar refractivity (Wildman–Crippen MR) is 98.4 cm³/mol. The Balaban J connectivity index is 1.56. The van der Waals surface area contributed by atoms with Gasteiger partial charge < -0.3 is 0 Å². The number of fused-ring (bicyclic) bond motifs is 3. The van der Waals surface area contributed by atoms with Crippen LogP contribution >= 0.6 is 0 Å². The van der Waals surface area contributed by atoms with Gasteiger partial charge in [0, 0.05) is 13.1 Å². The van der Waals surface area contributed by atoms with E-state index >= 15 is 0 Å². The van der Waals surface area contributed by atoms with E-state index in [4.69, 9.17) is 0 Å². The minimum atomic E-state index is -4.58. The summed E-state index contributed by atoms with van der Waals surface area (Å²) >= 11 is 0. The van der Waals surface area contributed by atoms with Crippen LogP contribution in [0, 0.1) is 11.7 Å². The summed E-state index contributed by atoms with van der Waals surface area (Å²) in [6, 6.07) is 8.78. The molecule has 2 aromatic carbocycles. The molecule has 0 radical (unpaired) electrons. The standard InChI is InChI=1S/C21H17F4N3O2/c22-14-7-5-12(6-8-14)17-16-18(27-10-2-9-26(17)27)20(30)28(19(16)29)15-4-1-3-13(11-15)21(23,24)25/h1,3-8,11,16-18H,2,9-10H2/t16-,17+,18+/m1/s1. The Bertz CT molecular complexity index is 1020. The number of hydrogen-bond donors (Lipinski definition) is 0. The van der Waals surface area contributed by atoms with Gasteiger partial charge in [-0.2, -0.15) is 13.2 Å². The third-order valence-corrected chi connectivity index (χ3v) is 6.05. The molecule has 0 bridgehead atoms. The van der Waals surface area contributed by atoms with Crippen molar-refractivity contribution in [2.75, 3.05) is 18.0 Å². The maximum atomic E-state index is 13.4. The molecule has 9 heteroatoms. The van der Waals surface area contributed by atoms with Crippen molar-refractivity contribution in [3.8, 4) is 0 Å². The topological polar surface area (TPSA) is 43.9 Å². The Labute approximate surface area is 169 Å². The van der Waals surface area contributed by atoms with Gasteiger partial charge in [-0.05, 0) is 42.3 Å². The number of imide groups is 1. The lowest BCUT2D eigenvalue weighted by Crippen LogP contribution is -2.44. The Morgan fingerprint density at radius 2 is 1.53 bits per heavy atom. The van der Waals surface area contributed by atoms with Crippen molar-refractivity contribution in [3.05, 3.63) is 65.5 Å². The number of halogens is 4. The van der Waals surface area contributed by atoms with E-state index in [1.54, 1.807) is 12.1 Å². The van der Waals surface area contributed by atoms with Gasteiger partial charge in [0.1, 0.15) is 11.9 Å². The molecule has 30 heavy (non-hydrogen) atoms. The quantitative estimate of drug-likeness (QED) is 0.553. The molecule has 156 valence electrons. The summed E-state index contributed by atoms with van der Waals surface area (Å²) in [4.78, 5) is 27.4. The molecule has 0 N–H and O–H groups in total. The fourth-order valence-electron chi connectivity index (χ4n) is 4.85. The summed E-state index contributed by atoms with van der Waals surface area (Å²) in [5.41, 5.74) is -0.309. The zero-order valence-electron chi connectivity index (χ0n) is 15.6. The average molecular weight is 419 g/mol. The van der Waals surface area contributed by atoms with Crippen molar-refractivity contribution >= 4 is 17.5 Å². The van der Waals surface area contributed by atoms with Crippen molar-refractivity contribution in [2.24, 2.45) is 5.92 Å². The largest absolute Gasteiger partial charge is 0.416 e. The molecular formula is C21H17F4N3O2. The molecule has 5 rings (SSSR count). The SMILES string of the molecule is O=C1[C@H]2[C@@H](C(=O)N1c1cccc(C(F)(F)F)c1)N1CCCN1[C@H]2c1ccc(F)cc1. The van der Waals surface area contributed by atoms with Crippen LogP contribution in [0.4, 0.5) is 23.2 Å². The van der Waals surface area contributed by atoms with Crippen LogP contribution in [-0.4, -0.2) is 41.0 Å². The molecule has 0 saturated carbocycles. The van der Waals surface area contributed by atoms with Crippen LogP contribution in [0.3, 0.4) is 0 Å². The fourth-order valence-corrected chi connectivity index (χ4v) is 4.85. The number of anilines is 1. The van der Waals surface area contributed by atoms with E-state index in [0.717, 1.165) is 23.5 Å². The van der Waals surface area contributed by atoms with Gasteiger partial charge in [0.2, 0.25) is 5.91 Å². The van der Waals surface area contributed by atoms with Gasteiger partial charge in [-0.1, -0.05) is 18.2 Å². The number of amides is 2. The zero-order valence-corrected chi connectivity index (χ0v) is 15.6. The zero-order chi connectivity index (χ0) is 21.2. The molecule has 3 heterocycles. The van der Waals surface area contributed by atoms with Gasteiger partial charge in [-0.3, -0.25) is 9.59 Å². The maximum Gasteiger partial charge on any atom is 0.416 e.